The summed E-state index contributed by atoms with van der Waals surface area (Å²) < 4.78 is 13.7. The molecular weight excluding hydrogens is 698 g/mol. The number of amides is 1. The zero-order valence-electron chi connectivity index (χ0n) is 16.8. The van der Waals surface area contributed by atoms with E-state index in [0.29, 0.717) is 36.4 Å². The highest BCUT2D eigenvalue weighted by atomic mass is 79.9. The van der Waals surface area contributed by atoms with Gasteiger partial charge in [0.25, 0.3) is 0 Å². The number of benzene rings is 3. The summed E-state index contributed by atoms with van der Waals surface area (Å²) in [6, 6.07) is 13.9. The molecule has 0 aliphatic rings. The van der Waals surface area contributed by atoms with Crippen LogP contribution in [0.1, 0.15) is 21.7 Å². The van der Waals surface area contributed by atoms with E-state index in [-0.39, 0.29) is 12.4 Å². The number of fused-ring (bicyclic) bond motifs is 1. The van der Waals surface area contributed by atoms with Gasteiger partial charge in [-0.15, -0.1) is 0 Å². The van der Waals surface area contributed by atoms with Crippen LogP contribution in [0.2, 0.25) is 15.1 Å². The second-order valence-corrected chi connectivity index (χ2v) is 10.8. The summed E-state index contributed by atoms with van der Waals surface area (Å²) in [6.45, 7) is 0.210. The number of ether oxygens (including phenoxy) is 1. The van der Waals surface area contributed by atoms with E-state index in [1.165, 1.54) is 6.21 Å². The Hall–Kier alpha value is -1.55. The standard InChI is InChI=1S/C23H12Br3Cl3N2O3/c24-14-5-13-6-20(34-21(13)17(26)7-14)23(32)31-30-9-11-3-16(25)22(19(29)4-11)33-10-12-1-2-15(27)8-18(12)28/h1-9H,10H2,(H,31,32)/b30-9-. The molecule has 5 nitrogen and oxygen atoms in total. The van der Waals surface area contributed by atoms with Crippen molar-refractivity contribution in [3.63, 3.8) is 0 Å². The van der Waals surface area contributed by atoms with Crippen molar-refractivity contribution in [3.05, 3.63) is 93.9 Å². The zero-order chi connectivity index (χ0) is 24.4. The fourth-order valence-corrected chi connectivity index (χ4v) is 5.78. The molecular formula is C23H12Br3Cl3N2O3. The van der Waals surface area contributed by atoms with Crippen LogP contribution < -0.4 is 10.2 Å². The SMILES string of the molecule is O=C(N/N=C\c1cc(Cl)c(OCc2ccc(Cl)cc2Cl)c(Br)c1)c1cc2cc(Br)cc(Br)c2o1. The lowest BCUT2D eigenvalue weighted by Gasteiger charge is -2.12. The Morgan fingerprint density at radius 2 is 1.79 bits per heavy atom. The van der Waals surface area contributed by atoms with Crippen LogP contribution in [0.25, 0.3) is 11.0 Å². The Bertz CT molecular complexity index is 1420. The smallest absolute Gasteiger partial charge is 0.307 e. The van der Waals surface area contributed by atoms with Crippen molar-refractivity contribution in [3.8, 4) is 5.75 Å². The topological polar surface area (TPSA) is 63.8 Å². The predicted octanol–water partition coefficient (Wildman–Crippen LogP) is 9.02. The van der Waals surface area contributed by atoms with Gasteiger partial charge in [-0.2, -0.15) is 5.10 Å². The van der Waals surface area contributed by atoms with Crippen molar-refractivity contribution in [2.24, 2.45) is 5.10 Å². The van der Waals surface area contributed by atoms with E-state index in [2.05, 4.69) is 58.3 Å². The monoisotopic (exact) mass is 706 g/mol. The van der Waals surface area contributed by atoms with Gasteiger partial charge in [-0.05, 0) is 79.9 Å². The Balaban J connectivity index is 1.43. The Labute approximate surface area is 234 Å². The van der Waals surface area contributed by atoms with Crippen molar-refractivity contribution in [2.45, 2.75) is 6.61 Å². The quantitative estimate of drug-likeness (QED) is 0.161. The maximum atomic E-state index is 12.4. The first-order chi connectivity index (χ1) is 16.2. The summed E-state index contributed by atoms with van der Waals surface area (Å²) in [6.07, 6.45) is 1.46. The van der Waals surface area contributed by atoms with Gasteiger partial charge in [-0.3, -0.25) is 4.79 Å². The number of nitrogens with zero attached hydrogens (tertiary/aromatic N) is 1. The van der Waals surface area contributed by atoms with Crippen LogP contribution >= 0.6 is 82.6 Å². The van der Waals surface area contributed by atoms with Gasteiger partial charge in [-0.25, -0.2) is 5.43 Å². The van der Waals surface area contributed by atoms with Gasteiger partial charge in [0.15, 0.2) is 11.5 Å². The first-order valence-corrected chi connectivity index (χ1v) is 13.0. The van der Waals surface area contributed by atoms with Crippen molar-refractivity contribution in [1.82, 2.24) is 5.43 Å². The van der Waals surface area contributed by atoms with Crippen molar-refractivity contribution in [2.75, 3.05) is 0 Å². The summed E-state index contributed by atoms with van der Waals surface area (Å²) in [7, 11) is 0. The van der Waals surface area contributed by atoms with Crippen LogP contribution in [-0.2, 0) is 6.61 Å². The summed E-state index contributed by atoms with van der Waals surface area (Å²) >= 11 is 28.8. The fourth-order valence-electron chi connectivity index (χ4n) is 2.99. The summed E-state index contributed by atoms with van der Waals surface area (Å²) in [5, 5.41) is 6.19. The predicted molar refractivity (Wildman–Crippen MR) is 147 cm³/mol. The maximum absolute atomic E-state index is 12.4. The highest BCUT2D eigenvalue weighted by molar-refractivity contribution is 9.11. The molecule has 4 aromatic rings. The lowest BCUT2D eigenvalue weighted by atomic mass is 10.2. The van der Waals surface area contributed by atoms with E-state index >= 15 is 0 Å². The lowest BCUT2D eigenvalue weighted by Crippen LogP contribution is -2.16. The number of hydrogen-bond acceptors (Lipinski definition) is 4. The van der Waals surface area contributed by atoms with E-state index in [0.717, 1.165) is 19.9 Å². The van der Waals surface area contributed by atoms with E-state index in [9.17, 15) is 4.79 Å². The molecule has 0 fully saturated rings. The van der Waals surface area contributed by atoms with Crippen LogP contribution in [0.5, 0.6) is 5.75 Å². The normalized spacial score (nSPS) is 11.4. The molecule has 174 valence electrons. The third-order valence-electron chi connectivity index (χ3n) is 4.55. The van der Waals surface area contributed by atoms with Crippen molar-refractivity contribution < 1.29 is 13.9 Å². The lowest BCUT2D eigenvalue weighted by molar-refractivity contribution is 0.0929. The number of furan rings is 1. The minimum atomic E-state index is -0.486. The minimum absolute atomic E-state index is 0.134. The van der Waals surface area contributed by atoms with Crippen LogP contribution in [0.4, 0.5) is 0 Å². The van der Waals surface area contributed by atoms with Crippen LogP contribution in [0.3, 0.4) is 0 Å². The molecule has 34 heavy (non-hydrogen) atoms. The summed E-state index contributed by atoms with van der Waals surface area (Å²) in [5.74, 6) is 0.100. The minimum Gasteiger partial charge on any atom is -0.486 e. The molecule has 11 heteroatoms. The summed E-state index contributed by atoms with van der Waals surface area (Å²) in [4.78, 5) is 12.4. The first-order valence-electron chi connectivity index (χ1n) is 9.49. The van der Waals surface area contributed by atoms with Crippen molar-refractivity contribution in [1.29, 1.82) is 0 Å². The largest absolute Gasteiger partial charge is 0.486 e. The number of nitrogens with one attached hydrogen (secondary N) is 1. The molecule has 0 aliphatic carbocycles. The number of carbonyl (C=O) groups excluding carboxylic acids is 1. The molecule has 3 aromatic carbocycles. The average Bonchev–Trinajstić information content (AvgIpc) is 3.19. The third kappa shape index (κ3) is 5.98. The van der Waals surface area contributed by atoms with E-state index in [1.807, 2.05) is 12.1 Å². The Kier molecular flexibility index (Phi) is 8.28. The number of rotatable bonds is 6. The van der Waals surface area contributed by atoms with E-state index < -0.39 is 5.91 Å². The van der Waals surface area contributed by atoms with Crippen LogP contribution in [-0.4, -0.2) is 12.1 Å². The molecule has 1 amide bonds. The molecule has 0 saturated heterocycles. The molecule has 0 radical (unpaired) electrons. The number of hydrazone groups is 1. The van der Waals surface area contributed by atoms with Crippen molar-refractivity contribution >= 4 is 106 Å². The van der Waals surface area contributed by atoms with Gasteiger partial charge in [-0.1, -0.05) is 56.8 Å². The van der Waals surface area contributed by atoms with Gasteiger partial charge in [0, 0.05) is 25.5 Å². The first kappa shape index (κ1) is 25.5. The van der Waals surface area contributed by atoms with Gasteiger partial charge in [0.2, 0.25) is 0 Å². The number of hydrogen-bond donors (Lipinski definition) is 1. The summed E-state index contributed by atoms with van der Waals surface area (Å²) in [5.41, 5.74) is 4.44. The molecule has 0 atom stereocenters. The third-order valence-corrected chi connectivity index (χ3v) is 7.05. The zero-order valence-corrected chi connectivity index (χ0v) is 23.9. The fraction of sp³-hybridized carbons (Fsp3) is 0.0435. The Morgan fingerprint density at radius 1 is 1.00 bits per heavy atom. The highest BCUT2D eigenvalue weighted by Gasteiger charge is 2.15. The Morgan fingerprint density at radius 3 is 2.53 bits per heavy atom. The average molecular weight is 710 g/mol. The van der Waals surface area contributed by atoms with Gasteiger partial charge in [0.1, 0.15) is 12.2 Å². The molecule has 1 heterocycles. The molecule has 0 bridgehead atoms. The molecule has 0 spiro atoms. The molecule has 0 aliphatic heterocycles. The molecule has 1 aromatic heterocycles. The van der Waals surface area contributed by atoms with E-state index in [1.54, 1.807) is 36.4 Å². The van der Waals surface area contributed by atoms with E-state index in [4.69, 9.17) is 44.0 Å². The van der Waals surface area contributed by atoms with Gasteiger partial charge < -0.3 is 9.15 Å². The second kappa shape index (κ2) is 11.0. The van der Waals surface area contributed by atoms with Gasteiger partial charge >= 0.3 is 5.91 Å². The van der Waals surface area contributed by atoms with Crippen LogP contribution in [0.15, 0.2) is 71.5 Å². The number of carbonyl (C=O) groups is 1. The van der Waals surface area contributed by atoms with Gasteiger partial charge in [0.05, 0.1) is 20.2 Å². The van der Waals surface area contributed by atoms with Crippen LogP contribution in [0, 0.1) is 0 Å². The molecule has 4 rings (SSSR count). The molecule has 0 unspecified atom stereocenters. The maximum Gasteiger partial charge on any atom is 0.307 e. The molecule has 1 N–H and O–H groups in total. The molecule has 0 saturated carbocycles. The second-order valence-electron chi connectivity index (χ2n) is 6.95. The highest BCUT2D eigenvalue weighted by Crippen LogP contribution is 2.35. The number of halogens is 6.